The van der Waals surface area contributed by atoms with Gasteiger partial charge >= 0.3 is 0 Å². The number of benzene rings is 1. The SMILES string of the molecule is CC(=NSC(C)(C)C)c1cc([N+](=O)[O-])ccc1F. The minimum absolute atomic E-state index is 0.0849. The third-order valence-corrected chi connectivity index (χ3v) is 2.92. The van der Waals surface area contributed by atoms with E-state index in [4.69, 9.17) is 0 Å². The molecule has 18 heavy (non-hydrogen) atoms. The molecule has 0 spiro atoms. The standard InChI is InChI=1S/C12H15FN2O2S/c1-8(14-18-12(2,3)4)10-7-9(15(16)17)5-6-11(10)13/h5-7H,1-4H3. The zero-order chi connectivity index (χ0) is 13.9. The number of rotatable bonds is 3. The fourth-order valence-electron chi connectivity index (χ4n) is 1.16. The predicted octanol–water partition coefficient (Wildman–Crippen LogP) is 3.99. The van der Waals surface area contributed by atoms with Gasteiger partial charge in [0, 0.05) is 22.4 Å². The summed E-state index contributed by atoms with van der Waals surface area (Å²) in [6.45, 7) is 7.59. The first-order chi connectivity index (χ1) is 8.20. The summed E-state index contributed by atoms with van der Waals surface area (Å²) in [5, 5.41) is 10.6. The minimum atomic E-state index is -0.548. The van der Waals surface area contributed by atoms with E-state index in [0.717, 1.165) is 12.1 Å². The molecule has 4 nitrogen and oxygen atoms in total. The van der Waals surface area contributed by atoms with Gasteiger partial charge < -0.3 is 0 Å². The van der Waals surface area contributed by atoms with Crippen LogP contribution in [-0.2, 0) is 0 Å². The average molecular weight is 270 g/mol. The summed E-state index contributed by atoms with van der Waals surface area (Å²) in [4.78, 5) is 10.1. The summed E-state index contributed by atoms with van der Waals surface area (Å²) in [5.74, 6) is -0.503. The van der Waals surface area contributed by atoms with Gasteiger partial charge in [0.25, 0.3) is 5.69 Å². The fraction of sp³-hybridized carbons (Fsp3) is 0.417. The van der Waals surface area contributed by atoms with E-state index in [1.807, 2.05) is 20.8 Å². The van der Waals surface area contributed by atoms with E-state index in [1.54, 1.807) is 6.92 Å². The molecule has 0 saturated heterocycles. The lowest BCUT2D eigenvalue weighted by Gasteiger charge is -2.13. The van der Waals surface area contributed by atoms with E-state index in [0.29, 0.717) is 5.71 Å². The molecule has 0 heterocycles. The third-order valence-electron chi connectivity index (χ3n) is 2.01. The van der Waals surface area contributed by atoms with Gasteiger partial charge in [-0.05, 0) is 45.7 Å². The van der Waals surface area contributed by atoms with E-state index >= 15 is 0 Å². The lowest BCUT2D eigenvalue weighted by Crippen LogP contribution is -2.07. The molecule has 0 amide bonds. The van der Waals surface area contributed by atoms with Gasteiger partial charge in [-0.25, -0.2) is 8.79 Å². The monoisotopic (exact) mass is 270 g/mol. The maximum Gasteiger partial charge on any atom is 0.270 e. The fourth-order valence-corrected chi connectivity index (χ4v) is 1.67. The van der Waals surface area contributed by atoms with E-state index < -0.39 is 10.7 Å². The Kier molecular flexibility index (Phi) is 4.45. The summed E-state index contributed by atoms with van der Waals surface area (Å²) in [6, 6.07) is 3.44. The molecule has 0 aliphatic heterocycles. The molecule has 0 aliphatic rings. The van der Waals surface area contributed by atoms with Crippen molar-refractivity contribution in [1.29, 1.82) is 0 Å². The highest BCUT2D eigenvalue weighted by Crippen LogP contribution is 2.26. The molecule has 0 aromatic heterocycles. The molecule has 0 N–H and O–H groups in total. The molecule has 0 bridgehead atoms. The quantitative estimate of drug-likeness (QED) is 0.361. The molecule has 0 unspecified atom stereocenters. The van der Waals surface area contributed by atoms with Gasteiger partial charge in [-0.3, -0.25) is 10.1 Å². The van der Waals surface area contributed by atoms with E-state index in [9.17, 15) is 14.5 Å². The summed E-state index contributed by atoms with van der Waals surface area (Å²) in [7, 11) is 0. The number of hydrogen-bond acceptors (Lipinski definition) is 4. The molecule has 0 radical (unpaired) electrons. The number of non-ortho nitro benzene ring substituents is 1. The van der Waals surface area contributed by atoms with Crippen molar-refractivity contribution in [3.8, 4) is 0 Å². The van der Waals surface area contributed by atoms with Gasteiger partial charge in [-0.2, -0.15) is 0 Å². The molecular formula is C12H15FN2O2S. The summed E-state index contributed by atoms with van der Waals surface area (Å²) < 4.78 is 17.7. The summed E-state index contributed by atoms with van der Waals surface area (Å²) >= 11 is 1.31. The van der Waals surface area contributed by atoms with E-state index in [2.05, 4.69) is 4.40 Å². The van der Waals surface area contributed by atoms with Crippen molar-refractivity contribution in [2.45, 2.75) is 32.4 Å². The van der Waals surface area contributed by atoms with Crippen LogP contribution in [0.5, 0.6) is 0 Å². The van der Waals surface area contributed by atoms with Crippen molar-refractivity contribution < 1.29 is 9.31 Å². The van der Waals surface area contributed by atoms with Gasteiger partial charge in [0.1, 0.15) is 5.82 Å². The van der Waals surface area contributed by atoms with Crippen molar-refractivity contribution in [2.75, 3.05) is 0 Å². The third kappa shape index (κ3) is 4.10. The Balaban J connectivity index is 3.08. The average Bonchev–Trinajstić information content (AvgIpc) is 2.25. The molecule has 0 atom stereocenters. The minimum Gasteiger partial charge on any atom is -0.258 e. The number of nitro groups is 1. The van der Waals surface area contributed by atoms with Crippen LogP contribution in [0, 0.1) is 15.9 Å². The van der Waals surface area contributed by atoms with Gasteiger partial charge in [-0.15, -0.1) is 0 Å². The first-order valence-corrected chi connectivity index (χ1v) is 6.15. The van der Waals surface area contributed by atoms with Crippen LogP contribution >= 0.6 is 11.9 Å². The molecule has 6 heteroatoms. The number of halogens is 1. The smallest absolute Gasteiger partial charge is 0.258 e. The second kappa shape index (κ2) is 5.48. The van der Waals surface area contributed by atoms with E-state index in [1.165, 1.54) is 18.0 Å². The highest BCUT2D eigenvalue weighted by molar-refractivity contribution is 7.99. The topological polar surface area (TPSA) is 55.5 Å². The van der Waals surface area contributed by atoms with Crippen molar-refractivity contribution in [1.82, 2.24) is 0 Å². The Hall–Kier alpha value is -1.43. The lowest BCUT2D eigenvalue weighted by atomic mass is 10.1. The van der Waals surface area contributed by atoms with Crippen molar-refractivity contribution >= 4 is 23.3 Å². The van der Waals surface area contributed by atoms with Gasteiger partial charge in [0.15, 0.2) is 0 Å². The van der Waals surface area contributed by atoms with Crippen molar-refractivity contribution in [3.05, 3.63) is 39.7 Å². The number of hydrogen-bond donors (Lipinski definition) is 0. The first kappa shape index (κ1) is 14.6. The largest absolute Gasteiger partial charge is 0.270 e. The summed E-state index contributed by atoms with van der Waals surface area (Å²) in [6.07, 6.45) is 0. The maximum absolute atomic E-state index is 13.6. The van der Waals surface area contributed by atoms with Crippen molar-refractivity contribution in [2.24, 2.45) is 4.40 Å². The Bertz CT molecular complexity index is 495. The normalized spacial score (nSPS) is 12.6. The molecule has 0 aliphatic carbocycles. The molecule has 0 fully saturated rings. The highest BCUT2D eigenvalue weighted by atomic mass is 32.2. The summed E-state index contributed by atoms with van der Waals surface area (Å²) in [5.41, 5.74) is 0.471. The maximum atomic E-state index is 13.6. The lowest BCUT2D eigenvalue weighted by molar-refractivity contribution is -0.384. The zero-order valence-electron chi connectivity index (χ0n) is 10.7. The first-order valence-electron chi connectivity index (χ1n) is 5.38. The van der Waals surface area contributed by atoms with E-state index in [-0.39, 0.29) is 16.0 Å². The Morgan fingerprint density at radius 1 is 1.44 bits per heavy atom. The number of nitrogens with zero attached hydrogens (tertiary/aromatic N) is 2. The molecule has 1 aromatic rings. The molecule has 1 rings (SSSR count). The van der Waals surface area contributed by atoms with Crippen LogP contribution in [0.4, 0.5) is 10.1 Å². The molecule has 1 aromatic carbocycles. The van der Waals surface area contributed by atoms with Gasteiger partial charge in [0.05, 0.1) is 10.6 Å². The highest BCUT2D eigenvalue weighted by Gasteiger charge is 2.15. The molecule has 0 saturated carbocycles. The van der Waals surface area contributed by atoms with Crippen LogP contribution < -0.4 is 0 Å². The van der Waals surface area contributed by atoms with Gasteiger partial charge in [0.2, 0.25) is 0 Å². The second-order valence-corrected chi connectivity index (χ2v) is 6.39. The molecule has 98 valence electrons. The molecular weight excluding hydrogens is 255 g/mol. The second-order valence-electron chi connectivity index (χ2n) is 4.80. The van der Waals surface area contributed by atoms with Crippen LogP contribution in [0.15, 0.2) is 22.6 Å². The van der Waals surface area contributed by atoms with Crippen LogP contribution in [0.3, 0.4) is 0 Å². The van der Waals surface area contributed by atoms with Crippen LogP contribution in [-0.4, -0.2) is 15.4 Å². The van der Waals surface area contributed by atoms with Gasteiger partial charge in [-0.1, -0.05) is 0 Å². The van der Waals surface area contributed by atoms with Crippen LogP contribution in [0.2, 0.25) is 0 Å². The Morgan fingerprint density at radius 3 is 2.56 bits per heavy atom. The Morgan fingerprint density at radius 2 is 2.06 bits per heavy atom. The van der Waals surface area contributed by atoms with Crippen LogP contribution in [0.25, 0.3) is 0 Å². The van der Waals surface area contributed by atoms with Crippen LogP contribution in [0.1, 0.15) is 33.3 Å². The Labute approximate surface area is 110 Å². The predicted molar refractivity (Wildman–Crippen MR) is 72.6 cm³/mol. The van der Waals surface area contributed by atoms with Crippen molar-refractivity contribution in [3.63, 3.8) is 0 Å². The zero-order valence-corrected chi connectivity index (χ0v) is 11.5. The number of nitro benzene ring substituents is 1.